The topological polar surface area (TPSA) is 104 Å². The molecular weight excluding hydrogens is 482 g/mol. The molecule has 0 saturated heterocycles. The summed E-state index contributed by atoms with van der Waals surface area (Å²) in [5, 5.41) is 13.4. The largest absolute Gasteiger partial charge is 0.454 e. The molecule has 0 bridgehead atoms. The minimum Gasteiger partial charge on any atom is -0.454 e. The lowest BCUT2D eigenvalue weighted by Crippen LogP contribution is -2.49. The van der Waals surface area contributed by atoms with Crippen LogP contribution >= 0.6 is 0 Å². The number of benzene rings is 3. The van der Waals surface area contributed by atoms with Gasteiger partial charge in [-0.2, -0.15) is 0 Å². The second-order valence-corrected chi connectivity index (χ2v) is 9.46. The number of rotatable bonds is 9. The molecule has 1 aliphatic rings. The number of likely N-dealkylation sites (N-methyl/N-ethyl adjacent to an activating group) is 1. The molecule has 0 fully saturated rings. The van der Waals surface area contributed by atoms with Crippen molar-refractivity contribution in [3.05, 3.63) is 89.1 Å². The molecule has 2 heterocycles. The lowest BCUT2D eigenvalue weighted by Gasteiger charge is -2.25. The summed E-state index contributed by atoms with van der Waals surface area (Å²) in [5.41, 5.74) is 5.30. The second-order valence-electron chi connectivity index (χ2n) is 9.46. The van der Waals surface area contributed by atoms with Crippen molar-refractivity contribution in [3.8, 4) is 11.5 Å². The number of aliphatic hydroxyl groups is 1. The molecule has 8 nitrogen and oxygen atoms in total. The predicted octanol–water partition coefficient (Wildman–Crippen LogP) is 3.67. The maximum absolute atomic E-state index is 13.7. The van der Waals surface area contributed by atoms with Gasteiger partial charge in [0.2, 0.25) is 18.6 Å². The van der Waals surface area contributed by atoms with Crippen molar-refractivity contribution < 1.29 is 24.2 Å². The van der Waals surface area contributed by atoms with Crippen LogP contribution in [0.2, 0.25) is 0 Å². The third-order valence-electron chi connectivity index (χ3n) is 6.95. The zero-order valence-corrected chi connectivity index (χ0v) is 21.5. The first-order valence-corrected chi connectivity index (χ1v) is 12.6. The first kappa shape index (κ1) is 25.4. The van der Waals surface area contributed by atoms with E-state index >= 15 is 0 Å². The number of anilines is 1. The van der Waals surface area contributed by atoms with E-state index in [1.807, 2.05) is 55.5 Å². The van der Waals surface area contributed by atoms with E-state index in [9.17, 15) is 14.7 Å². The van der Waals surface area contributed by atoms with Gasteiger partial charge in [0, 0.05) is 48.4 Å². The summed E-state index contributed by atoms with van der Waals surface area (Å²) >= 11 is 0. The Hall–Kier alpha value is -4.30. The number of hydrogen-bond donors (Lipinski definition) is 3. The van der Waals surface area contributed by atoms with E-state index in [0.29, 0.717) is 30.0 Å². The normalized spacial score (nSPS) is 12.9. The van der Waals surface area contributed by atoms with Crippen molar-refractivity contribution in [1.82, 2.24) is 10.3 Å². The van der Waals surface area contributed by atoms with Gasteiger partial charge in [0.15, 0.2) is 11.5 Å². The van der Waals surface area contributed by atoms with Crippen LogP contribution in [0.5, 0.6) is 11.5 Å². The molecule has 1 aliphatic heterocycles. The van der Waals surface area contributed by atoms with Crippen LogP contribution in [0.3, 0.4) is 0 Å². The average molecular weight is 514 g/mol. The Bertz CT molecular complexity index is 1460. The van der Waals surface area contributed by atoms with Crippen LogP contribution in [0.4, 0.5) is 5.69 Å². The number of para-hydroxylation sites is 1. The van der Waals surface area contributed by atoms with E-state index in [1.165, 1.54) is 4.90 Å². The Morgan fingerprint density at radius 3 is 2.63 bits per heavy atom. The fourth-order valence-electron chi connectivity index (χ4n) is 4.93. The van der Waals surface area contributed by atoms with Crippen molar-refractivity contribution in [2.24, 2.45) is 0 Å². The maximum atomic E-state index is 13.7. The van der Waals surface area contributed by atoms with E-state index in [1.54, 1.807) is 25.2 Å². The quantitative estimate of drug-likeness (QED) is 0.317. The number of nitrogens with one attached hydrogen (secondary N) is 2. The highest BCUT2D eigenvalue weighted by molar-refractivity contribution is 6.00. The van der Waals surface area contributed by atoms with Gasteiger partial charge in [0.25, 0.3) is 0 Å². The third kappa shape index (κ3) is 5.21. The molecule has 0 unspecified atom stereocenters. The molecule has 0 aliphatic carbocycles. The number of H-pyrrole nitrogens is 1. The molecule has 3 aromatic carbocycles. The number of hydrogen-bond acceptors (Lipinski definition) is 5. The third-order valence-corrected chi connectivity index (χ3v) is 6.95. The van der Waals surface area contributed by atoms with E-state index < -0.39 is 6.04 Å². The van der Waals surface area contributed by atoms with Gasteiger partial charge in [0.1, 0.15) is 6.04 Å². The molecule has 0 radical (unpaired) electrons. The van der Waals surface area contributed by atoms with Crippen molar-refractivity contribution in [2.75, 3.05) is 25.3 Å². The molecule has 196 valence electrons. The molecule has 2 amide bonds. The summed E-state index contributed by atoms with van der Waals surface area (Å²) in [5.74, 6) is 0.748. The molecule has 3 N–H and O–H groups in total. The van der Waals surface area contributed by atoms with E-state index in [0.717, 1.165) is 33.3 Å². The Balaban J connectivity index is 1.38. The monoisotopic (exact) mass is 513 g/mol. The highest BCUT2D eigenvalue weighted by atomic mass is 16.7. The number of amides is 2. The van der Waals surface area contributed by atoms with Crippen LogP contribution in [0.25, 0.3) is 10.9 Å². The molecule has 8 heteroatoms. The Morgan fingerprint density at radius 1 is 1.05 bits per heavy atom. The Morgan fingerprint density at radius 2 is 1.84 bits per heavy atom. The Labute approximate surface area is 221 Å². The minimum absolute atomic E-state index is 0.0488. The number of carbonyl (C=O) groups excluding carboxylic acids is 2. The fraction of sp³-hybridized carbons (Fsp3) is 0.267. The van der Waals surface area contributed by atoms with Crippen LogP contribution in [0.15, 0.2) is 66.7 Å². The molecule has 0 spiro atoms. The van der Waals surface area contributed by atoms with Gasteiger partial charge in [-0.1, -0.05) is 48.5 Å². The van der Waals surface area contributed by atoms with Gasteiger partial charge < -0.3 is 29.8 Å². The molecular formula is C30H31N3O5. The van der Waals surface area contributed by atoms with Crippen LogP contribution in [-0.4, -0.2) is 48.4 Å². The molecule has 1 atom stereocenters. The van der Waals surface area contributed by atoms with Gasteiger partial charge in [-0.05, 0) is 42.2 Å². The highest BCUT2D eigenvalue weighted by Gasteiger charge is 2.27. The standard InChI is InChI=1S/C30H31N3O5/c1-19-24(23-10-6-9-21(13-14-34)29(23)31-19)17-28(35)32-25(15-20-7-4-3-5-8-20)30(36)33(2)22-11-12-26-27(16-22)38-18-37-26/h3-12,16,25,31,34H,13-15,17-18H2,1-2H3,(H,32,35)/t25-/m0/s1. The van der Waals surface area contributed by atoms with Crippen molar-refractivity contribution >= 4 is 28.4 Å². The molecule has 0 saturated carbocycles. The van der Waals surface area contributed by atoms with Crippen LogP contribution in [0.1, 0.15) is 22.4 Å². The van der Waals surface area contributed by atoms with Gasteiger partial charge in [-0.15, -0.1) is 0 Å². The van der Waals surface area contributed by atoms with Gasteiger partial charge in [-0.25, -0.2) is 0 Å². The maximum Gasteiger partial charge on any atom is 0.249 e. The molecule has 4 aromatic rings. The number of nitrogens with zero attached hydrogens (tertiary/aromatic N) is 1. The Kier molecular flexibility index (Phi) is 7.33. The van der Waals surface area contributed by atoms with E-state index in [4.69, 9.17) is 9.47 Å². The number of aryl methyl sites for hydroxylation is 1. The van der Waals surface area contributed by atoms with Crippen molar-refractivity contribution in [2.45, 2.75) is 32.2 Å². The van der Waals surface area contributed by atoms with Crippen LogP contribution in [-0.2, 0) is 28.9 Å². The van der Waals surface area contributed by atoms with Crippen molar-refractivity contribution in [1.29, 1.82) is 0 Å². The first-order valence-electron chi connectivity index (χ1n) is 12.6. The second kappa shape index (κ2) is 11.0. The van der Waals surface area contributed by atoms with Crippen LogP contribution < -0.4 is 19.7 Å². The summed E-state index contributed by atoms with van der Waals surface area (Å²) in [4.78, 5) is 32.0. The van der Waals surface area contributed by atoms with Crippen molar-refractivity contribution in [3.63, 3.8) is 0 Å². The number of ether oxygens (including phenoxy) is 2. The molecule has 5 rings (SSSR count). The lowest BCUT2D eigenvalue weighted by molar-refractivity contribution is -0.127. The molecule has 38 heavy (non-hydrogen) atoms. The summed E-state index contributed by atoms with van der Waals surface area (Å²) in [6, 6.07) is 20.1. The highest BCUT2D eigenvalue weighted by Crippen LogP contribution is 2.35. The zero-order valence-electron chi connectivity index (χ0n) is 21.5. The number of carbonyl (C=O) groups is 2. The van der Waals surface area contributed by atoms with E-state index in [-0.39, 0.29) is 31.6 Å². The number of aromatic nitrogens is 1. The summed E-state index contributed by atoms with van der Waals surface area (Å²) in [6.45, 7) is 2.14. The van der Waals surface area contributed by atoms with Crippen LogP contribution in [0, 0.1) is 6.92 Å². The summed E-state index contributed by atoms with van der Waals surface area (Å²) in [7, 11) is 1.69. The van der Waals surface area contributed by atoms with Gasteiger partial charge in [0.05, 0.1) is 6.42 Å². The lowest BCUT2D eigenvalue weighted by atomic mass is 10.0. The predicted molar refractivity (Wildman–Crippen MR) is 146 cm³/mol. The van der Waals surface area contributed by atoms with E-state index in [2.05, 4.69) is 10.3 Å². The first-order chi connectivity index (χ1) is 18.4. The molecule has 1 aromatic heterocycles. The zero-order chi connectivity index (χ0) is 26.6. The van der Waals surface area contributed by atoms with Gasteiger partial charge >= 0.3 is 0 Å². The number of aliphatic hydroxyl groups excluding tert-OH is 1. The number of aromatic amines is 1. The summed E-state index contributed by atoms with van der Waals surface area (Å²) in [6.07, 6.45) is 1.01. The fourth-order valence-corrected chi connectivity index (χ4v) is 4.93. The summed E-state index contributed by atoms with van der Waals surface area (Å²) < 4.78 is 10.9. The number of fused-ring (bicyclic) bond motifs is 2. The smallest absolute Gasteiger partial charge is 0.249 e. The SMILES string of the molecule is Cc1[nH]c2c(CCO)cccc2c1CC(=O)N[C@@H](Cc1ccccc1)C(=O)N(C)c1ccc2c(c1)OCO2. The van der Waals surface area contributed by atoms with Gasteiger partial charge in [-0.3, -0.25) is 9.59 Å². The average Bonchev–Trinajstić information content (AvgIpc) is 3.52. The minimum atomic E-state index is -0.768.